The monoisotopic (exact) mass is 347 g/mol. The predicted molar refractivity (Wildman–Crippen MR) is 88.1 cm³/mol. The van der Waals surface area contributed by atoms with Gasteiger partial charge in [0.15, 0.2) is 5.69 Å². The zero-order valence-electron chi connectivity index (χ0n) is 12.0. The first-order valence-corrected chi connectivity index (χ1v) is 10.9. The summed E-state index contributed by atoms with van der Waals surface area (Å²) < 4.78 is 2.99. The molecule has 0 saturated heterocycles. The van der Waals surface area contributed by atoms with E-state index in [1.807, 2.05) is 23.0 Å². The van der Waals surface area contributed by atoms with Gasteiger partial charge in [-0.3, -0.25) is 4.68 Å². The first kappa shape index (κ1) is 15.0. The Kier molecular flexibility index (Phi) is 4.79. The minimum absolute atomic E-state index is 0.763. The molecule has 0 bridgehead atoms. The van der Waals surface area contributed by atoms with E-state index in [1.165, 1.54) is 5.56 Å². The summed E-state index contributed by atoms with van der Waals surface area (Å²) in [5.41, 5.74) is 5.34. The topological polar surface area (TPSA) is 30.7 Å². The van der Waals surface area contributed by atoms with Gasteiger partial charge in [0, 0.05) is 11.0 Å². The lowest BCUT2D eigenvalue weighted by Crippen LogP contribution is -2.16. The number of nitrogens with zero attached hydrogens (tertiary/aromatic N) is 3. The van der Waals surface area contributed by atoms with Gasteiger partial charge >= 0.3 is 0 Å². The molecule has 0 aliphatic rings. The molecule has 0 spiro atoms. The van der Waals surface area contributed by atoms with Crippen molar-refractivity contribution in [3.63, 3.8) is 0 Å². The Morgan fingerprint density at radius 3 is 2.70 bits per heavy atom. The van der Waals surface area contributed by atoms with Gasteiger partial charge in [0.05, 0.1) is 6.20 Å². The van der Waals surface area contributed by atoms with Crippen LogP contribution in [0.15, 0.2) is 34.9 Å². The molecule has 104 valence electrons. The number of aromatic nitrogens is 3. The van der Waals surface area contributed by atoms with Gasteiger partial charge in [-0.2, -0.15) is 0 Å². The molecule has 0 fully saturated rings. The van der Waals surface area contributed by atoms with Crippen molar-refractivity contribution in [2.45, 2.75) is 32.6 Å². The van der Waals surface area contributed by atoms with Crippen molar-refractivity contribution in [3.8, 4) is 11.5 Å². The summed E-state index contributed by atoms with van der Waals surface area (Å²) in [6.45, 7) is 7.47. The molecule has 1 aromatic heterocycles. The van der Waals surface area contributed by atoms with Gasteiger partial charge in [-0.05, 0) is 18.1 Å². The van der Waals surface area contributed by atoms with E-state index in [1.54, 1.807) is 0 Å². The summed E-state index contributed by atoms with van der Waals surface area (Å²) in [5, 5.41) is 8.23. The molecule has 20 heavy (non-hydrogen) atoms. The van der Waals surface area contributed by atoms with Gasteiger partial charge < -0.3 is 0 Å². The number of hydrogen-bond acceptors (Lipinski definition) is 2. The third-order valence-corrected chi connectivity index (χ3v) is 4.32. The van der Waals surface area contributed by atoms with Crippen molar-refractivity contribution < 1.29 is 0 Å². The molecular weight excluding hydrogens is 330 g/mol. The van der Waals surface area contributed by atoms with Gasteiger partial charge in [0.1, 0.15) is 8.07 Å². The van der Waals surface area contributed by atoms with Gasteiger partial charge in [-0.15, -0.1) is 10.6 Å². The number of aryl methyl sites for hydroxylation is 2. The van der Waals surface area contributed by atoms with Crippen LogP contribution >= 0.6 is 15.9 Å². The summed E-state index contributed by atoms with van der Waals surface area (Å²) in [6.07, 6.45) is 2.84. The molecule has 1 heterocycles. The van der Waals surface area contributed by atoms with Crippen LogP contribution in [0.5, 0.6) is 0 Å². The molecule has 0 N–H and O–H groups in total. The zero-order valence-corrected chi connectivity index (χ0v) is 14.6. The average molecular weight is 348 g/mol. The van der Waals surface area contributed by atoms with Crippen LogP contribution in [0.4, 0.5) is 0 Å². The fourth-order valence-electron chi connectivity index (χ4n) is 1.65. The Balaban J connectivity index is 2.00. The molecule has 3 nitrogen and oxygen atoms in total. The number of benzene rings is 1. The van der Waals surface area contributed by atoms with Crippen molar-refractivity contribution in [2.75, 3.05) is 0 Å². The largest absolute Gasteiger partial charge is 0.251 e. The van der Waals surface area contributed by atoms with Crippen LogP contribution in [-0.2, 0) is 13.0 Å². The predicted octanol–water partition coefficient (Wildman–Crippen LogP) is 3.51. The van der Waals surface area contributed by atoms with E-state index in [-0.39, 0.29) is 0 Å². The first-order chi connectivity index (χ1) is 9.44. The van der Waals surface area contributed by atoms with Crippen molar-refractivity contribution in [1.82, 2.24) is 15.0 Å². The average Bonchev–Trinajstić information content (AvgIpc) is 2.83. The Morgan fingerprint density at radius 1 is 1.25 bits per heavy atom. The second-order valence-electron chi connectivity index (χ2n) is 5.71. The van der Waals surface area contributed by atoms with E-state index in [0.29, 0.717) is 0 Å². The molecule has 0 saturated carbocycles. The maximum absolute atomic E-state index is 4.13. The van der Waals surface area contributed by atoms with Crippen molar-refractivity contribution >= 4 is 24.0 Å². The molecule has 0 unspecified atom stereocenters. The van der Waals surface area contributed by atoms with E-state index in [9.17, 15) is 0 Å². The molecule has 0 atom stereocenters. The van der Waals surface area contributed by atoms with Crippen LogP contribution in [0.3, 0.4) is 0 Å². The maximum Gasteiger partial charge on any atom is 0.154 e. The highest BCUT2D eigenvalue weighted by molar-refractivity contribution is 9.10. The third-order valence-electron chi connectivity index (χ3n) is 2.67. The van der Waals surface area contributed by atoms with Crippen molar-refractivity contribution in [1.29, 1.82) is 0 Å². The highest BCUT2D eigenvalue weighted by Gasteiger charge is 2.08. The second-order valence-corrected chi connectivity index (χ2v) is 11.3. The van der Waals surface area contributed by atoms with E-state index in [0.717, 1.165) is 23.1 Å². The van der Waals surface area contributed by atoms with Gasteiger partial charge in [0.25, 0.3) is 0 Å². The molecule has 0 amide bonds. The quantitative estimate of drug-likeness (QED) is 0.628. The Hall–Kier alpha value is -1.38. The number of rotatable bonds is 3. The molecule has 2 rings (SSSR count). The van der Waals surface area contributed by atoms with Crippen molar-refractivity contribution in [3.05, 3.63) is 46.2 Å². The summed E-state index contributed by atoms with van der Waals surface area (Å²) in [7, 11) is -1.35. The lowest BCUT2D eigenvalue weighted by Gasteiger charge is -2.03. The van der Waals surface area contributed by atoms with E-state index in [4.69, 9.17) is 0 Å². The smallest absolute Gasteiger partial charge is 0.154 e. The van der Waals surface area contributed by atoms with Crippen LogP contribution in [0.1, 0.15) is 11.3 Å². The maximum atomic E-state index is 4.13. The van der Waals surface area contributed by atoms with Gasteiger partial charge in [0.2, 0.25) is 0 Å². The lowest BCUT2D eigenvalue weighted by molar-refractivity contribution is 0.588. The van der Waals surface area contributed by atoms with Gasteiger partial charge in [-0.1, -0.05) is 64.9 Å². The van der Waals surface area contributed by atoms with E-state index >= 15 is 0 Å². The fraction of sp³-hybridized carbons (Fsp3) is 0.333. The fourth-order valence-corrected chi connectivity index (χ4v) is 2.64. The zero-order chi connectivity index (χ0) is 14.6. The molecule has 0 aliphatic carbocycles. The van der Waals surface area contributed by atoms with Gasteiger partial charge in [-0.25, -0.2) is 0 Å². The minimum atomic E-state index is -1.35. The molecule has 1 aromatic carbocycles. The highest BCUT2D eigenvalue weighted by atomic mass is 79.9. The minimum Gasteiger partial charge on any atom is -0.251 e. The summed E-state index contributed by atoms with van der Waals surface area (Å²) in [4.78, 5) is 0. The van der Waals surface area contributed by atoms with Crippen LogP contribution in [0.25, 0.3) is 0 Å². The van der Waals surface area contributed by atoms with Crippen LogP contribution in [0, 0.1) is 11.5 Å². The molecular formula is C15H18BrN3Si. The number of hydrogen-bond donors (Lipinski definition) is 0. The van der Waals surface area contributed by atoms with Crippen LogP contribution in [0.2, 0.25) is 19.6 Å². The van der Waals surface area contributed by atoms with E-state index < -0.39 is 8.07 Å². The normalized spacial score (nSPS) is 11.0. The SMILES string of the molecule is C[Si](C)(C)C#Cc1cn(CCc2ccccc2Br)nn1. The lowest BCUT2D eigenvalue weighted by atomic mass is 10.1. The molecule has 2 aromatic rings. The molecule has 0 aliphatic heterocycles. The number of halogens is 1. The Morgan fingerprint density at radius 2 is 2.00 bits per heavy atom. The summed E-state index contributed by atoms with van der Waals surface area (Å²) in [5.74, 6) is 3.12. The van der Waals surface area contributed by atoms with Crippen LogP contribution < -0.4 is 0 Å². The highest BCUT2D eigenvalue weighted by Crippen LogP contribution is 2.16. The summed E-state index contributed by atoms with van der Waals surface area (Å²) in [6, 6.07) is 8.24. The first-order valence-electron chi connectivity index (χ1n) is 6.61. The Bertz CT molecular complexity index is 647. The van der Waals surface area contributed by atoms with E-state index in [2.05, 4.69) is 69.5 Å². The molecule has 5 heteroatoms. The Labute approximate surface area is 129 Å². The molecule has 0 radical (unpaired) electrons. The summed E-state index contributed by atoms with van der Waals surface area (Å²) >= 11 is 3.56. The standard InChI is InChI=1S/C15H18BrN3Si/c1-20(2,3)11-9-14-12-19(18-17-14)10-8-13-6-4-5-7-15(13)16/h4-7,12H,8,10H2,1-3H3. The van der Waals surface area contributed by atoms with Crippen molar-refractivity contribution in [2.24, 2.45) is 0 Å². The third kappa shape index (κ3) is 4.62. The van der Waals surface area contributed by atoms with Crippen LogP contribution in [-0.4, -0.2) is 23.1 Å². The second kappa shape index (κ2) is 6.38.